The van der Waals surface area contributed by atoms with E-state index in [1.807, 2.05) is 18.2 Å². The third-order valence-electron chi connectivity index (χ3n) is 4.99. The lowest BCUT2D eigenvalue weighted by molar-refractivity contribution is 0.137. The Balaban J connectivity index is 1.66. The molecule has 6 nitrogen and oxygen atoms in total. The normalized spacial score (nSPS) is 11.8. The van der Waals surface area contributed by atoms with Crippen molar-refractivity contribution in [2.75, 3.05) is 0 Å². The summed E-state index contributed by atoms with van der Waals surface area (Å²) in [6.07, 6.45) is -0.863. The first-order valence-corrected chi connectivity index (χ1v) is 12.5. The van der Waals surface area contributed by atoms with E-state index in [9.17, 15) is 18.1 Å². The molecule has 0 aliphatic heterocycles. The molecule has 1 unspecified atom stereocenters. The van der Waals surface area contributed by atoms with Crippen LogP contribution in [-0.2, 0) is 15.9 Å². The second kappa shape index (κ2) is 11.5. The minimum absolute atomic E-state index is 0.0177. The molecule has 0 spiro atoms. The molecular weight excluding hydrogens is 487 g/mol. The number of carbonyl (C=O) groups excluding carboxylic acids is 1. The molecule has 4 aromatic rings. The van der Waals surface area contributed by atoms with Crippen LogP contribution in [0.15, 0.2) is 109 Å². The van der Waals surface area contributed by atoms with E-state index in [4.69, 9.17) is 13.8 Å². The largest absolute Gasteiger partial charge is 0.457 e. The molecule has 0 radical (unpaired) electrons. The van der Waals surface area contributed by atoms with Crippen molar-refractivity contribution in [1.29, 1.82) is 0 Å². The predicted molar refractivity (Wildman–Crippen MR) is 131 cm³/mol. The Morgan fingerprint density at radius 1 is 0.722 bits per heavy atom. The van der Waals surface area contributed by atoms with Crippen molar-refractivity contribution in [3.63, 3.8) is 0 Å². The van der Waals surface area contributed by atoms with E-state index < -0.39 is 31.1 Å². The van der Waals surface area contributed by atoms with Crippen LogP contribution in [-0.4, -0.2) is 6.09 Å². The molecule has 0 bridgehead atoms. The van der Waals surface area contributed by atoms with Gasteiger partial charge in [-0.15, -0.1) is 0 Å². The Hall–Kier alpha value is -4.16. The maximum Gasteiger partial charge on any atom is 0.457 e. The minimum Gasteiger partial charge on any atom is -0.445 e. The van der Waals surface area contributed by atoms with Crippen LogP contribution in [0.1, 0.15) is 16.9 Å². The van der Waals surface area contributed by atoms with Gasteiger partial charge in [-0.2, -0.15) is 0 Å². The van der Waals surface area contributed by atoms with Crippen LogP contribution in [0.5, 0.6) is 11.5 Å². The summed E-state index contributed by atoms with van der Waals surface area (Å²) in [7, 11) is -4.33. The Morgan fingerprint density at radius 3 is 1.69 bits per heavy atom. The highest BCUT2D eigenvalue weighted by atomic mass is 31.2. The molecule has 1 amide bonds. The van der Waals surface area contributed by atoms with E-state index in [1.165, 1.54) is 24.3 Å². The fraction of sp³-hybridized carbons (Fsp3) is 0.0741. The fourth-order valence-electron chi connectivity index (χ4n) is 3.27. The summed E-state index contributed by atoms with van der Waals surface area (Å²) >= 11 is 0. The third kappa shape index (κ3) is 6.71. The highest BCUT2D eigenvalue weighted by Gasteiger charge is 2.42. The molecule has 1 N–H and O–H groups in total. The number of carbonyl (C=O) groups is 1. The number of rotatable bonds is 9. The quantitative estimate of drug-likeness (QED) is 0.241. The molecule has 0 aromatic heterocycles. The molecule has 0 saturated heterocycles. The van der Waals surface area contributed by atoms with E-state index in [0.29, 0.717) is 5.56 Å². The topological polar surface area (TPSA) is 73.9 Å². The molecule has 0 aliphatic carbocycles. The molecule has 4 aromatic carbocycles. The lowest BCUT2D eigenvalue weighted by Gasteiger charge is -2.28. The van der Waals surface area contributed by atoms with Crippen LogP contribution in [0.4, 0.5) is 13.6 Å². The van der Waals surface area contributed by atoms with E-state index in [1.54, 1.807) is 42.5 Å². The monoisotopic (exact) mass is 509 g/mol. The number of nitrogens with one attached hydrogen (secondary N) is 1. The van der Waals surface area contributed by atoms with Crippen molar-refractivity contribution >= 4 is 13.7 Å². The molecule has 4 rings (SSSR count). The third-order valence-corrected chi connectivity index (χ3v) is 6.98. The first-order chi connectivity index (χ1) is 17.4. The first-order valence-electron chi connectivity index (χ1n) is 10.9. The number of hydrogen-bond donors (Lipinski definition) is 1. The maximum atomic E-state index is 14.3. The van der Waals surface area contributed by atoms with E-state index in [2.05, 4.69) is 5.32 Å². The molecule has 0 fully saturated rings. The minimum atomic E-state index is -4.33. The fourth-order valence-corrected chi connectivity index (χ4v) is 5.15. The van der Waals surface area contributed by atoms with Gasteiger partial charge in [-0.25, -0.2) is 18.1 Å². The van der Waals surface area contributed by atoms with Gasteiger partial charge in [0.1, 0.15) is 29.7 Å². The highest BCUT2D eigenvalue weighted by Crippen LogP contribution is 2.59. The van der Waals surface area contributed by atoms with Crippen LogP contribution < -0.4 is 14.4 Å². The molecule has 0 heterocycles. The molecule has 9 heteroatoms. The summed E-state index contributed by atoms with van der Waals surface area (Å²) in [5.41, 5.74) is 1.17. The van der Waals surface area contributed by atoms with Gasteiger partial charge in [0.05, 0.1) is 0 Å². The SMILES string of the molecule is O=C(NC(c1ccccc1)P(=O)(Oc1ccc(F)cc1)Oc1ccc(F)cc1)OCc1ccccc1. The number of ether oxygens (including phenoxy) is 1. The standard InChI is InChI=1S/C27H22F2NO5P/c28-22-11-15-24(16-12-22)34-36(32,35-25-17-13-23(29)14-18-25)26(21-9-5-2-6-10-21)30-27(31)33-19-20-7-3-1-4-8-20/h1-18,26H,19H2,(H,30,31). The summed E-state index contributed by atoms with van der Waals surface area (Å²) in [4.78, 5) is 12.8. The number of halogens is 2. The summed E-state index contributed by atoms with van der Waals surface area (Å²) < 4.78 is 58.1. The Labute approximate surface area is 207 Å². The highest BCUT2D eigenvalue weighted by molar-refractivity contribution is 7.55. The Kier molecular flexibility index (Phi) is 7.98. The molecule has 0 saturated carbocycles. The summed E-state index contributed by atoms with van der Waals surface area (Å²) in [5.74, 6) is -2.26. The molecule has 0 aliphatic rings. The lowest BCUT2D eigenvalue weighted by atomic mass is 10.2. The van der Waals surface area contributed by atoms with Crippen molar-refractivity contribution in [2.24, 2.45) is 0 Å². The summed E-state index contributed by atoms with van der Waals surface area (Å²) in [5, 5.41) is 2.59. The van der Waals surface area contributed by atoms with Crippen molar-refractivity contribution in [3.05, 3.63) is 132 Å². The van der Waals surface area contributed by atoms with Crippen molar-refractivity contribution in [1.82, 2.24) is 5.32 Å². The first kappa shape index (κ1) is 24.9. The predicted octanol–water partition coefficient (Wildman–Crippen LogP) is 7.24. The number of alkyl carbamates (subject to hydrolysis) is 1. The summed E-state index contributed by atoms with van der Waals surface area (Å²) in [6.45, 7) is -0.0177. The van der Waals surface area contributed by atoms with Crippen LogP contribution in [0.2, 0.25) is 0 Å². The Bertz CT molecular complexity index is 1270. The van der Waals surface area contributed by atoms with Crippen molar-refractivity contribution in [2.45, 2.75) is 12.4 Å². The van der Waals surface area contributed by atoms with Crippen LogP contribution in [0, 0.1) is 11.6 Å². The zero-order valence-corrected chi connectivity index (χ0v) is 19.8. The van der Waals surface area contributed by atoms with Gasteiger partial charge in [0.2, 0.25) is 0 Å². The zero-order valence-electron chi connectivity index (χ0n) is 18.9. The van der Waals surface area contributed by atoms with E-state index >= 15 is 0 Å². The summed E-state index contributed by atoms with van der Waals surface area (Å²) in [6, 6.07) is 27.1. The van der Waals surface area contributed by atoms with Crippen molar-refractivity contribution in [3.8, 4) is 11.5 Å². The Morgan fingerprint density at radius 2 is 1.19 bits per heavy atom. The maximum absolute atomic E-state index is 14.3. The van der Waals surface area contributed by atoms with Crippen molar-refractivity contribution < 1.29 is 31.9 Å². The van der Waals surface area contributed by atoms with Gasteiger partial charge >= 0.3 is 13.7 Å². The number of benzene rings is 4. The lowest BCUT2D eigenvalue weighted by Crippen LogP contribution is -2.31. The average Bonchev–Trinajstić information content (AvgIpc) is 2.90. The van der Waals surface area contributed by atoms with Gasteiger partial charge in [-0.1, -0.05) is 60.7 Å². The number of amides is 1. The molecule has 36 heavy (non-hydrogen) atoms. The van der Waals surface area contributed by atoms with Crippen LogP contribution >= 0.6 is 7.60 Å². The van der Waals surface area contributed by atoms with Gasteiger partial charge in [0, 0.05) is 0 Å². The van der Waals surface area contributed by atoms with Gasteiger partial charge in [0.25, 0.3) is 0 Å². The molecule has 184 valence electrons. The average molecular weight is 509 g/mol. The second-order valence-electron chi connectivity index (χ2n) is 7.65. The molecule has 1 atom stereocenters. The van der Waals surface area contributed by atoms with Gasteiger partial charge in [-0.3, -0.25) is 0 Å². The molecular formula is C27H22F2NO5P. The second-order valence-corrected chi connectivity index (χ2v) is 9.61. The zero-order chi connectivity index (χ0) is 25.4. The van der Waals surface area contributed by atoms with Gasteiger partial charge in [0.15, 0.2) is 5.78 Å². The van der Waals surface area contributed by atoms with Gasteiger partial charge < -0.3 is 19.1 Å². The van der Waals surface area contributed by atoms with E-state index in [-0.39, 0.29) is 18.1 Å². The van der Waals surface area contributed by atoms with Crippen LogP contribution in [0.3, 0.4) is 0 Å². The number of hydrogen-bond acceptors (Lipinski definition) is 5. The smallest absolute Gasteiger partial charge is 0.445 e. The van der Waals surface area contributed by atoms with Crippen LogP contribution in [0.25, 0.3) is 0 Å². The van der Waals surface area contributed by atoms with E-state index in [0.717, 1.165) is 29.8 Å². The van der Waals surface area contributed by atoms with Gasteiger partial charge in [-0.05, 0) is 59.7 Å².